The Morgan fingerprint density at radius 3 is 3.07 bits per heavy atom. The first-order valence-corrected chi connectivity index (χ1v) is 9.19. The number of likely N-dealkylation sites (tertiary alicyclic amines) is 1. The quantitative estimate of drug-likeness (QED) is 0.684. The van der Waals surface area contributed by atoms with Crippen LogP contribution in [0.2, 0.25) is 0 Å². The van der Waals surface area contributed by atoms with Crippen molar-refractivity contribution in [1.29, 1.82) is 0 Å². The number of aromatic amines is 1. The molecule has 8 nitrogen and oxygen atoms in total. The summed E-state index contributed by atoms with van der Waals surface area (Å²) in [4.78, 5) is 19.1. The summed E-state index contributed by atoms with van der Waals surface area (Å²) in [6.45, 7) is 4.77. The smallest absolute Gasteiger partial charge is 0.272 e. The van der Waals surface area contributed by atoms with Gasteiger partial charge in [0.25, 0.3) is 5.91 Å². The van der Waals surface area contributed by atoms with Crippen molar-refractivity contribution in [3.05, 3.63) is 48.0 Å². The number of imidazole rings is 1. The number of H-pyrrole nitrogens is 1. The number of likely N-dealkylation sites (N-methyl/N-ethyl adjacent to an activating group) is 1. The first-order chi connectivity index (χ1) is 13.1. The van der Waals surface area contributed by atoms with E-state index in [4.69, 9.17) is 4.74 Å². The summed E-state index contributed by atoms with van der Waals surface area (Å²) in [5.41, 5.74) is 3.24. The van der Waals surface area contributed by atoms with Crippen LogP contribution >= 0.6 is 0 Å². The molecule has 2 N–H and O–H groups in total. The summed E-state index contributed by atoms with van der Waals surface area (Å²) in [5, 5.41) is 10.2. The van der Waals surface area contributed by atoms with Gasteiger partial charge < -0.3 is 19.5 Å². The maximum absolute atomic E-state index is 12.6. The van der Waals surface area contributed by atoms with Crippen LogP contribution in [0.4, 0.5) is 0 Å². The minimum absolute atomic E-state index is 0.0136. The van der Waals surface area contributed by atoms with Crippen LogP contribution in [0.5, 0.6) is 0 Å². The molecule has 1 aliphatic rings. The van der Waals surface area contributed by atoms with Crippen LogP contribution in [-0.4, -0.2) is 69.4 Å². The predicted octanol–water partition coefficient (Wildman–Crippen LogP) is 1.26. The number of rotatable bonds is 6. The number of nitrogens with one attached hydrogen (secondary N) is 2. The molecule has 0 aliphatic carbocycles. The monoisotopic (exact) mass is 368 g/mol. The average molecular weight is 368 g/mol. The van der Waals surface area contributed by atoms with E-state index in [0.29, 0.717) is 18.8 Å². The van der Waals surface area contributed by atoms with E-state index in [2.05, 4.69) is 25.4 Å². The van der Waals surface area contributed by atoms with Crippen molar-refractivity contribution in [2.24, 2.45) is 0 Å². The van der Waals surface area contributed by atoms with E-state index in [0.717, 1.165) is 29.8 Å². The van der Waals surface area contributed by atoms with Crippen molar-refractivity contribution in [2.75, 3.05) is 26.7 Å². The molecule has 1 fully saturated rings. The number of carbonyl (C=O) groups excluding carboxylic acids is 1. The molecule has 3 heterocycles. The Hall–Kier alpha value is -2.71. The second-order valence-electron chi connectivity index (χ2n) is 6.93. The third-order valence-electron chi connectivity index (χ3n) is 4.88. The zero-order valence-electron chi connectivity index (χ0n) is 15.6. The van der Waals surface area contributed by atoms with Crippen LogP contribution in [0.25, 0.3) is 11.0 Å². The molecular weight excluding hydrogens is 344 g/mol. The summed E-state index contributed by atoms with van der Waals surface area (Å²) >= 11 is 0. The van der Waals surface area contributed by atoms with Gasteiger partial charge in [0.2, 0.25) is 0 Å². The number of hydrogen-bond acceptors (Lipinski definition) is 5. The van der Waals surface area contributed by atoms with Crippen molar-refractivity contribution in [3.63, 3.8) is 0 Å². The van der Waals surface area contributed by atoms with Crippen molar-refractivity contribution in [2.45, 2.75) is 25.6 Å². The molecular formula is C19H24N6O2. The van der Waals surface area contributed by atoms with E-state index in [1.165, 1.54) is 0 Å². The first kappa shape index (κ1) is 17.7. The molecule has 3 aromatic rings. The summed E-state index contributed by atoms with van der Waals surface area (Å²) < 4.78 is 7.77. The Morgan fingerprint density at radius 2 is 2.22 bits per heavy atom. The number of benzene rings is 1. The minimum atomic E-state index is -0.182. The lowest BCUT2D eigenvalue weighted by atomic mass is 10.2. The van der Waals surface area contributed by atoms with Gasteiger partial charge in [-0.05, 0) is 32.2 Å². The fraction of sp³-hybridized carbons (Fsp3) is 0.421. The highest BCUT2D eigenvalue weighted by atomic mass is 16.5. The Kier molecular flexibility index (Phi) is 4.91. The van der Waals surface area contributed by atoms with Crippen molar-refractivity contribution < 1.29 is 9.53 Å². The fourth-order valence-electron chi connectivity index (χ4n) is 3.60. The second kappa shape index (κ2) is 7.50. The standard InChI is InChI=1S/C19H24N6O2/c1-3-27-18-11-24(2)10-16(18)21-19(26)15-8-13(22-23-15)9-25-12-20-14-6-4-5-7-17(14)25/h4-8,12,16,18H,3,9-11H2,1-2H3,(H,21,26)(H,22,23)/t16-,18-/m0/s1. The first-order valence-electron chi connectivity index (χ1n) is 9.19. The second-order valence-corrected chi connectivity index (χ2v) is 6.93. The van der Waals surface area contributed by atoms with Crippen LogP contribution in [-0.2, 0) is 11.3 Å². The topological polar surface area (TPSA) is 88.1 Å². The van der Waals surface area contributed by atoms with E-state index < -0.39 is 0 Å². The Morgan fingerprint density at radius 1 is 1.37 bits per heavy atom. The zero-order chi connectivity index (χ0) is 18.8. The Balaban J connectivity index is 1.43. The van der Waals surface area contributed by atoms with E-state index in [9.17, 15) is 4.79 Å². The highest BCUT2D eigenvalue weighted by Gasteiger charge is 2.33. The highest BCUT2D eigenvalue weighted by Crippen LogP contribution is 2.15. The normalized spacial score (nSPS) is 20.4. The molecule has 0 bridgehead atoms. The molecule has 8 heteroatoms. The molecule has 142 valence electrons. The molecule has 1 amide bonds. The Bertz CT molecular complexity index is 933. The van der Waals surface area contributed by atoms with Crippen LogP contribution in [0.1, 0.15) is 23.1 Å². The number of fused-ring (bicyclic) bond motifs is 1. The highest BCUT2D eigenvalue weighted by molar-refractivity contribution is 5.92. The van der Waals surface area contributed by atoms with E-state index in [-0.39, 0.29) is 18.1 Å². The maximum atomic E-state index is 12.6. The van der Waals surface area contributed by atoms with Gasteiger partial charge >= 0.3 is 0 Å². The van der Waals surface area contributed by atoms with Gasteiger partial charge in [0, 0.05) is 19.7 Å². The van der Waals surface area contributed by atoms with Gasteiger partial charge in [0.05, 0.1) is 41.7 Å². The molecule has 0 radical (unpaired) electrons. The number of nitrogens with zero attached hydrogens (tertiary/aromatic N) is 4. The van der Waals surface area contributed by atoms with Gasteiger partial charge in [-0.25, -0.2) is 4.98 Å². The number of aromatic nitrogens is 4. The third-order valence-corrected chi connectivity index (χ3v) is 4.88. The van der Waals surface area contributed by atoms with Gasteiger partial charge in [0.1, 0.15) is 5.69 Å². The van der Waals surface area contributed by atoms with Gasteiger partial charge in [-0.3, -0.25) is 9.89 Å². The molecule has 1 aromatic carbocycles. The number of para-hydroxylation sites is 2. The summed E-state index contributed by atoms with van der Waals surface area (Å²) in [7, 11) is 2.03. The van der Waals surface area contributed by atoms with Crippen LogP contribution < -0.4 is 5.32 Å². The van der Waals surface area contributed by atoms with Crippen molar-refractivity contribution in [1.82, 2.24) is 30.0 Å². The minimum Gasteiger partial charge on any atom is -0.375 e. The predicted molar refractivity (Wildman–Crippen MR) is 102 cm³/mol. The molecule has 2 atom stereocenters. The molecule has 0 spiro atoms. The molecule has 0 saturated carbocycles. The van der Waals surface area contributed by atoms with Crippen molar-refractivity contribution in [3.8, 4) is 0 Å². The number of hydrogen-bond donors (Lipinski definition) is 2. The third kappa shape index (κ3) is 3.72. The summed E-state index contributed by atoms with van der Waals surface area (Å²) in [6.07, 6.45) is 1.81. The van der Waals surface area contributed by atoms with Gasteiger partial charge in [-0.1, -0.05) is 12.1 Å². The average Bonchev–Trinajstić information content (AvgIpc) is 3.36. The van der Waals surface area contributed by atoms with Crippen LogP contribution in [0.15, 0.2) is 36.7 Å². The number of ether oxygens (including phenoxy) is 1. The van der Waals surface area contributed by atoms with Crippen molar-refractivity contribution >= 4 is 16.9 Å². The number of carbonyl (C=O) groups is 1. The molecule has 27 heavy (non-hydrogen) atoms. The summed E-state index contributed by atoms with van der Waals surface area (Å²) in [5.74, 6) is -0.182. The Labute approximate surface area is 157 Å². The molecule has 1 aliphatic heterocycles. The lowest BCUT2D eigenvalue weighted by Crippen LogP contribution is -2.44. The molecule has 0 unspecified atom stereocenters. The fourth-order valence-corrected chi connectivity index (χ4v) is 3.60. The molecule has 2 aromatic heterocycles. The van der Waals surface area contributed by atoms with Crippen LogP contribution in [0, 0.1) is 0 Å². The maximum Gasteiger partial charge on any atom is 0.272 e. The van der Waals surface area contributed by atoms with E-state index >= 15 is 0 Å². The molecule has 1 saturated heterocycles. The number of amides is 1. The molecule has 4 rings (SSSR count). The van der Waals surface area contributed by atoms with E-state index in [1.807, 2.05) is 42.8 Å². The lowest BCUT2D eigenvalue weighted by Gasteiger charge is -2.19. The largest absolute Gasteiger partial charge is 0.375 e. The van der Waals surface area contributed by atoms with Crippen LogP contribution in [0.3, 0.4) is 0 Å². The summed E-state index contributed by atoms with van der Waals surface area (Å²) in [6, 6.07) is 9.72. The van der Waals surface area contributed by atoms with E-state index in [1.54, 1.807) is 12.4 Å². The zero-order valence-corrected chi connectivity index (χ0v) is 15.6. The van der Waals surface area contributed by atoms with Gasteiger partial charge in [0.15, 0.2) is 0 Å². The van der Waals surface area contributed by atoms with Gasteiger partial charge in [-0.15, -0.1) is 0 Å². The SMILES string of the molecule is CCO[C@H]1CN(C)C[C@@H]1NC(=O)c1cc(Cn2cnc3ccccc32)[nH]n1. The lowest BCUT2D eigenvalue weighted by molar-refractivity contribution is 0.0512. The van der Waals surface area contributed by atoms with Gasteiger partial charge in [-0.2, -0.15) is 5.10 Å².